The zero-order valence-electron chi connectivity index (χ0n) is 19.5. The Labute approximate surface area is 221 Å². The zero-order valence-corrected chi connectivity index (χ0v) is 25.2. The average Bonchev–Trinajstić information content (AvgIpc) is 3.43. The molecular weight excluding hydrogens is 657 g/mol. The first-order valence-corrected chi connectivity index (χ1v) is 19.9. The molecule has 6 nitrogen and oxygen atoms in total. The van der Waals surface area contributed by atoms with E-state index in [9.17, 15) is 4.79 Å². The molecule has 4 fully saturated rings. The van der Waals surface area contributed by atoms with Gasteiger partial charge in [0.05, 0.1) is 0 Å². The van der Waals surface area contributed by atoms with Gasteiger partial charge >= 0.3 is 55.5 Å². The van der Waals surface area contributed by atoms with Crippen molar-refractivity contribution in [3.63, 3.8) is 0 Å². The van der Waals surface area contributed by atoms with Crippen molar-refractivity contribution in [1.82, 2.24) is 20.0 Å². The molecule has 9 heteroatoms. The molecule has 4 aliphatic heterocycles. The van der Waals surface area contributed by atoms with Crippen molar-refractivity contribution in [2.45, 2.75) is 65.6 Å². The number of halogens is 2. The van der Waals surface area contributed by atoms with Crippen LogP contribution in [0.3, 0.4) is 0 Å². The van der Waals surface area contributed by atoms with Crippen LogP contribution in [0.25, 0.3) is 0 Å². The molecule has 1 N–H and O–H groups in total. The first kappa shape index (κ1) is 32.2. The van der Waals surface area contributed by atoms with Gasteiger partial charge < -0.3 is 31.7 Å². The van der Waals surface area contributed by atoms with Gasteiger partial charge in [-0.1, -0.05) is 7.43 Å². The summed E-state index contributed by atoms with van der Waals surface area (Å²) < 4.78 is 5.39. The van der Waals surface area contributed by atoms with Gasteiger partial charge in [0.15, 0.2) is 0 Å². The molecule has 0 aromatic heterocycles. The molecule has 4 saturated heterocycles. The molecule has 31 heavy (non-hydrogen) atoms. The minimum absolute atomic E-state index is 0. The Kier molecular flexibility index (Phi) is 16.6. The minimum atomic E-state index is -0.388. The molecule has 0 aliphatic carbocycles. The van der Waals surface area contributed by atoms with Crippen LogP contribution in [0, 0.1) is 18.8 Å². The molecule has 0 spiro atoms. The molecule has 4 rings (SSSR count). The van der Waals surface area contributed by atoms with E-state index in [1.807, 2.05) is 25.7 Å². The fourth-order valence-electron chi connectivity index (χ4n) is 4.71. The summed E-state index contributed by atoms with van der Waals surface area (Å²) >= 11 is 4.74. The molecule has 4 unspecified atom stereocenters. The van der Waals surface area contributed by atoms with Gasteiger partial charge in [-0.05, 0) is 79.2 Å². The predicted octanol–water partition coefficient (Wildman–Crippen LogP) is 4.71. The van der Waals surface area contributed by atoms with E-state index in [1.165, 1.54) is 32.5 Å². The van der Waals surface area contributed by atoms with Crippen LogP contribution in [0.5, 0.6) is 0 Å². The van der Waals surface area contributed by atoms with Crippen molar-refractivity contribution in [3.8, 4) is 0 Å². The van der Waals surface area contributed by atoms with Crippen LogP contribution in [0.1, 0.15) is 48.0 Å². The second-order valence-electron chi connectivity index (χ2n) is 9.30. The molecule has 0 aromatic rings. The molecule has 4 aliphatic rings. The number of rotatable bonds is 0. The first-order valence-electron chi connectivity index (χ1n) is 10.9. The van der Waals surface area contributed by atoms with Crippen molar-refractivity contribution in [2.24, 2.45) is 11.8 Å². The van der Waals surface area contributed by atoms with Gasteiger partial charge in [0.25, 0.3) is 0 Å². The molecule has 4 atom stereocenters. The summed E-state index contributed by atoms with van der Waals surface area (Å²) in [5.74, 6) is 1.62. The molecule has 0 bridgehead atoms. The molecular formula is C22H45I2N4O2V-. The van der Waals surface area contributed by atoms with Crippen LogP contribution in [-0.4, -0.2) is 91.8 Å². The standard InChI is InChI=1S/C12H22N2O2.C7H14N2.C2H5.CH4.2HI.V/c1-12(2,3)16-11(15)14-7-9-5-6-13(4)10(9)8-14;1-9-3-2-6-4-8-5-7(6)9;1-2;;;;/h9-10H,5-8H2,1-4H3;6-8H,2-5H2,1H3;1H2,2H3;1H4;2*1H;/q;;-1;;;;+2/p-2. The van der Waals surface area contributed by atoms with E-state index in [1.54, 1.807) is 6.92 Å². The number of carbonyl (C=O) groups excluding carboxylic acids is 1. The molecule has 0 radical (unpaired) electrons. The number of ether oxygens (including phenoxy) is 1. The van der Waals surface area contributed by atoms with E-state index < -0.39 is 0 Å². The summed E-state index contributed by atoms with van der Waals surface area (Å²) in [6, 6.07) is 1.41. The van der Waals surface area contributed by atoms with Crippen molar-refractivity contribution < 1.29 is 19.0 Å². The number of nitrogens with zero attached hydrogens (tertiary/aromatic N) is 3. The van der Waals surface area contributed by atoms with Crippen molar-refractivity contribution >= 4 is 46.1 Å². The topological polar surface area (TPSA) is 48.1 Å². The Morgan fingerprint density at radius 3 is 2.00 bits per heavy atom. The van der Waals surface area contributed by atoms with E-state index in [-0.39, 0.29) is 19.1 Å². The van der Waals surface area contributed by atoms with Crippen LogP contribution in [0.2, 0.25) is 0 Å². The Morgan fingerprint density at radius 1 is 1.00 bits per heavy atom. The Balaban J connectivity index is 0.000000508. The molecule has 1 amide bonds. The summed E-state index contributed by atoms with van der Waals surface area (Å²) in [5.41, 5.74) is -0.388. The summed E-state index contributed by atoms with van der Waals surface area (Å²) in [6.45, 7) is 17.4. The average molecular weight is 702 g/mol. The zero-order chi connectivity index (χ0) is 22.9. The third-order valence-corrected chi connectivity index (χ3v) is 6.20. The molecule has 0 saturated carbocycles. The first-order chi connectivity index (χ1) is 14.2. The van der Waals surface area contributed by atoms with E-state index in [2.05, 4.69) is 76.1 Å². The quantitative estimate of drug-likeness (QED) is 0.293. The predicted molar refractivity (Wildman–Crippen MR) is 146 cm³/mol. The summed E-state index contributed by atoms with van der Waals surface area (Å²) in [7, 11) is 5.00. The summed E-state index contributed by atoms with van der Waals surface area (Å²) in [4.78, 5) is 18.6. The van der Waals surface area contributed by atoms with Gasteiger partial charge in [-0.2, -0.15) is 6.92 Å². The van der Waals surface area contributed by atoms with Gasteiger partial charge in [-0.3, -0.25) is 0 Å². The van der Waals surface area contributed by atoms with Crippen LogP contribution in [0.4, 0.5) is 4.79 Å². The third-order valence-electron chi connectivity index (χ3n) is 6.20. The van der Waals surface area contributed by atoms with Crippen molar-refractivity contribution in [3.05, 3.63) is 6.92 Å². The Morgan fingerprint density at radius 2 is 1.52 bits per heavy atom. The fraction of sp³-hybridized carbons (Fsp3) is 0.909. The molecule has 0 aromatic carbocycles. The van der Waals surface area contributed by atoms with Crippen LogP contribution in [0.15, 0.2) is 0 Å². The number of hydrogen-bond donors (Lipinski definition) is 1. The van der Waals surface area contributed by atoms with Crippen molar-refractivity contribution in [1.29, 1.82) is 0 Å². The number of amides is 1. The van der Waals surface area contributed by atoms with E-state index in [4.69, 9.17) is 4.74 Å². The number of likely N-dealkylation sites (N-methyl/N-ethyl adjacent to an activating group) is 2. The fourth-order valence-corrected chi connectivity index (χ4v) is 4.71. The van der Waals surface area contributed by atoms with Gasteiger partial charge in [-0.25, -0.2) is 4.79 Å². The Bertz CT molecular complexity index is 510. The molecule has 4 heterocycles. The van der Waals surface area contributed by atoms with Gasteiger partial charge in [0.1, 0.15) is 5.60 Å². The summed E-state index contributed by atoms with van der Waals surface area (Å²) in [5, 5.41) is 3.41. The molecule has 185 valence electrons. The monoisotopic (exact) mass is 702 g/mol. The van der Waals surface area contributed by atoms with Gasteiger partial charge in [-0.15, -0.1) is 0 Å². The third kappa shape index (κ3) is 10.6. The van der Waals surface area contributed by atoms with Crippen molar-refractivity contribution in [2.75, 3.05) is 53.4 Å². The number of hydrogen-bond acceptors (Lipinski definition) is 5. The van der Waals surface area contributed by atoms with E-state index >= 15 is 0 Å². The SMILES string of the molecule is C.CN1CCC2CN(C(=O)OC(C)(C)C)CC21.CN1CCC2CNCC21.[CH2-]C.[I][V][I]. The van der Waals surface area contributed by atoms with Gasteiger partial charge in [0, 0.05) is 31.7 Å². The number of carbonyl (C=O) groups is 1. The number of fused-ring (bicyclic) bond motifs is 2. The van der Waals surface area contributed by atoms with Crippen LogP contribution < -0.4 is 5.32 Å². The maximum atomic E-state index is 11.9. The number of likely N-dealkylation sites (tertiary alicyclic amines) is 3. The summed E-state index contributed by atoms with van der Waals surface area (Å²) in [6.07, 6.45) is 2.46. The normalized spacial score (nSPS) is 29.1. The second-order valence-corrected chi connectivity index (χ2v) is 21.1. The van der Waals surface area contributed by atoms with Gasteiger partial charge in [0.2, 0.25) is 0 Å². The van der Waals surface area contributed by atoms with E-state index in [0.717, 1.165) is 31.6 Å². The van der Waals surface area contributed by atoms with Crippen LogP contribution in [-0.2, 0) is 14.2 Å². The maximum absolute atomic E-state index is 11.9. The number of nitrogens with one attached hydrogen (secondary N) is 1. The van der Waals surface area contributed by atoms with E-state index in [0.29, 0.717) is 21.4 Å². The van der Waals surface area contributed by atoms with Crippen LogP contribution >= 0.6 is 40.0 Å². The second kappa shape index (κ2) is 16.0. The Hall–Kier alpha value is 1.19.